The summed E-state index contributed by atoms with van der Waals surface area (Å²) in [5.41, 5.74) is 4.33. The molecule has 0 aliphatic carbocycles. The van der Waals surface area contributed by atoms with Crippen LogP contribution >= 0.6 is 11.6 Å². The number of fused-ring (bicyclic) bond motifs is 1. The van der Waals surface area contributed by atoms with Gasteiger partial charge in [-0.3, -0.25) is 0 Å². The zero-order chi connectivity index (χ0) is 17.3. The highest BCUT2D eigenvalue weighted by Gasteiger charge is 2.15. The van der Waals surface area contributed by atoms with Gasteiger partial charge in [-0.15, -0.1) is 0 Å². The molecular weight excluding hydrogens is 324 g/mol. The van der Waals surface area contributed by atoms with Crippen molar-refractivity contribution in [2.24, 2.45) is 0 Å². The van der Waals surface area contributed by atoms with Gasteiger partial charge >= 0.3 is 0 Å². The summed E-state index contributed by atoms with van der Waals surface area (Å²) in [4.78, 5) is 4.59. The van der Waals surface area contributed by atoms with Crippen molar-refractivity contribution in [3.63, 3.8) is 0 Å². The molecule has 0 saturated heterocycles. The van der Waals surface area contributed by atoms with Crippen molar-refractivity contribution in [3.05, 3.63) is 58.4 Å². The van der Waals surface area contributed by atoms with Crippen LogP contribution in [0.3, 0.4) is 0 Å². The minimum Gasteiger partial charge on any atom is -0.492 e. The van der Waals surface area contributed by atoms with E-state index in [9.17, 15) is 5.11 Å². The van der Waals surface area contributed by atoms with Crippen LogP contribution in [0.4, 0.5) is 0 Å². The minimum absolute atomic E-state index is 0.486. The number of hydrogen-bond acceptors (Lipinski definition) is 3. The highest BCUT2D eigenvalue weighted by molar-refractivity contribution is 6.30. The third kappa shape index (κ3) is 3.40. The van der Waals surface area contributed by atoms with Crippen molar-refractivity contribution in [3.8, 4) is 5.75 Å². The molecule has 5 heteroatoms. The highest BCUT2D eigenvalue weighted by atomic mass is 35.5. The van der Waals surface area contributed by atoms with Crippen LogP contribution in [0.5, 0.6) is 5.75 Å². The Balaban J connectivity index is 1.85. The molecule has 1 unspecified atom stereocenters. The van der Waals surface area contributed by atoms with E-state index in [2.05, 4.69) is 31.0 Å². The molecule has 0 fully saturated rings. The van der Waals surface area contributed by atoms with E-state index < -0.39 is 6.10 Å². The number of rotatable bonds is 5. The SMILES string of the molecule is Cc1cc2nc(C(C)O)n(CCOc3ccc(Cl)cc3)c2cc1C. The number of aromatic nitrogens is 2. The standard InChI is InChI=1S/C19H21ClN2O2/c1-12-10-17-18(11-13(12)2)22(19(21-17)14(3)23)8-9-24-16-6-4-15(20)5-7-16/h4-7,10-11,14,23H,8-9H2,1-3H3. The lowest BCUT2D eigenvalue weighted by molar-refractivity contribution is 0.181. The average molecular weight is 345 g/mol. The van der Waals surface area contributed by atoms with Gasteiger partial charge in [0.25, 0.3) is 0 Å². The van der Waals surface area contributed by atoms with Crippen LogP contribution in [0.1, 0.15) is 30.0 Å². The number of benzene rings is 2. The molecule has 2 aromatic carbocycles. The van der Waals surface area contributed by atoms with E-state index in [1.165, 1.54) is 11.1 Å². The molecule has 3 aromatic rings. The number of halogens is 1. The molecule has 1 N–H and O–H groups in total. The number of nitrogens with zero attached hydrogens (tertiary/aromatic N) is 2. The van der Waals surface area contributed by atoms with E-state index in [1.807, 2.05) is 16.7 Å². The molecular formula is C19H21ClN2O2. The molecule has 1 aromatic heterocycles. The Morgan fingerprint density at radius 2 is 1.83 bits per heavy atom. The first kappa shape index (κ1) is 16.8. The van der Waals surface area contributed by atoms with Gasteiger partial charge in [0.2, 0.25) is 0 Å². The van der Waals surface area contributed by atoms with E-state index in [0.29, 0.717) is 24.0 Å². The van der Waals surface area contributed by atoms with Gasteiger partial charge in [-0.25, -0.2) is 4.98 Å². The summed E-state index contributed by atoms with van der Waals surface area (Å²) in [6.45, 7) is 6.98. The third-order valence-electron chi connectivity index (χ3n) is 4.16. The molecule has 0 radical (unpaired) electrons. The summed E-state index contributed by atoms with van der Waals surface area (Å²) >= 11 is 5.88. The second-order valence-electron chi connectivity index (χ2n) is 6.03. The molecule has 0 bridgehead atoms. The van der Waals surface area contributed by atoms with E-state index in [4.69, 9.17) is 16.3 Å². The van der Waals surface area contributed by atoms with Crippen molar-refractivity contribution in [1.82, 2.24) is 9.55 Å². The quantitative estimate of drug-likeness (QED) is 0.744. The number of imidazole rings is 1. The first-order valence-corrected chi connectivity index (χ1v) is 8.37. The predicted octanol–water partition coefficient (Wildman–Crippen LogP) is 4.44. The van der Waals surface area contributed by atoms with Gasteiger partial charge in [0.15, 0.2) is 0 Å². The van der Waals surface area contributed by atoms with Crippen LogP contribution in [0.2, 0.25) is 5.02 Å². The number of ether oxygens (including phenoxy) is 1. The third-order valence-corrected chi connectivity index (χ3v) is 4.42. The summed E-state index contributed by atoms with van der Waals surface area (Å²) in [7, 11) is 0. The Morgan fingerprint density at radius 1 is 1.17 bits per heavy atom. The normalized spacial score (nSPS) is 12.5. The summed E-state index contributed by atoms with van der Waals surface area (Å²) < 4.78 is 7.81. The Bertz CT molecular complexity index is 854. The fourth-order valence-electron chi connectivity index (χ4n) is 2.74. The molecule has 1 atom stereocenters. The average Bonchev–Trinajstić information content (AvgIpc) is 2.88. The van der Waals surface area contributed by atoms with E-state index >= 15 is 0 Å². The van der Waals surface area contributed by atoms with Crippen LogP contribution < -0.4 is 4.74 Å². The van der Waals surface area contributed by atoms with Crippen LogP contribution in [-0.2, 0) is 6.54 Å². The van der Waals surface area contributed by atoms with Gasteiger partial charge < -0.3 is 14.4 Å². The molecule has 3 rings (SSSR count). The highest BCUT2D eigenvalue weighted by Crippen LogP contribution is 2.24. The van der Waals surface area contributed by atoms with Gasteiger partial charge in [-0.1, -0.05) is 11.6 Å². The van der Waals surface area contributed by atoms with E-state index in [-0.39, 0.29) is 0 Å². The van der Waals surface area contributed by atoms with Crippen molar-refractivity contribution in [1.29, 1.82) is 0 Å². The van der Waals surface area contributed by atoms with Gasteiger partial charge in [0.1, 0.15) is 24.3 Å². The van der Waals surface area contributed by atoms with E-state index in [1.54, 1.807) is 19.1 Å². The zero-order valence-corrected chi connectivity index (χ0v) is 14.8. The van der Waals surface area contributed by atoms with E-state index in [0.717, 1.165) is 16.8 Å². The first-order valence-electron chi connectivity index (χ1n) is 7.99. The Labute approximate surface area is 146 Å². The minimum atomic E-state index is -0.631. The van der Waals surface area contributed by atoms with Crippen LogP contribution in [-0.4, -0.2) is 21.3 Å². The summed E-state index contributed by atoms with van der Waals surface area (Å²) in [5.74, 6) is 1.43. The molecule has 0 aliphatic rings. The molecule has 24 heavy (non-hydrogen) atoms. The fraction of sp³-hybridized carbons (Fsp3) is 0.316. The number of aliphatic hydroxyl groups is 1. The van der Waals surface area contributed by atoms with Gasteiger partial charge in [0, 0.05) is 5.02 Å². The van der Waals surface area contributed by atoms with Crippen LogP contribution in [0.15, 0.2) is 36.4 Å². The first-order chi connectivity index (χ1) is 11.5. The maximum Gasteiger partial charge on any atom is 0.138 e. The topological polar surface area (TPSA) is 47.3 Å². The summed E-state index contributed by atoms with van der Waals surface area (Å²) in [6.07, 6.45) is -0.631. The predicted molar refractivity (Wildman–Crippen MR) is 96.8 cm³/mol. The lowest BCUT2D eigenvalue weighted by atomic mass is 10.1. The summed E-state index contributed by atoms with van der Waals surface area (Å²) in [6, 6.07) is 11.5. The molecule has 4 nitrogen and oxygen atoms in total. The lowest BCUT2D eigenvalue weighted by Gasteiger charge is -2.12. The second kappa shape index (κ2) is 6.83. The largest absolute Gasteiger partial charge is 0.492 e. The Kier molecular flexibility index (Phi) is 4.78. The van der Waals surface area contributed by atoms with Crippen molar-refractivity contribution < 1.29 is 9.84 Å². The van der Waals surface area contributed by atoms with Crippen LogP contribution in [0.25, 0.3) is 11.0 Å². The van der Waals surface area contributed by atoms with Gasteiger partial charge in [-0.05, 0) is 68.3 Å². The molecule has 0 saturated carbocycles. The van der Waals surface area contributed by atoms with Gasteiger partial charge in [0.05, 0.1) is 17.6 Å². The number of aliphatic hydroxyl groups excluding tert-OH is 1. The second-order valence-corrected chi connectivity index (χ2v) is 6.46. The zero-order valence-electron chi connectivity index (χ0n) is 14.1. The Morgan fingerprint density at radius 3 is 2.50 bits per heavy atom. The smallest absolute Gasteiger partial charge is 0.138 e. The lowest BCUT2D eigenvalue weighted by Crippen LogP contribution is -2.12. The van der Waals surface area contributed by atoms with Crippen molar-refractivity contribution in [2.75, 3.05) is 6.61 Å². The van der Waals surface area contributed by atoms with Crippen molar-refractivity contribution >= 4 is 22.6 Å². The van der Waals surface area contributed by atoms with Crippen LogP contribution in [0, 0.1) is 13.8 Å². The summed E-state index contributed by atoms with van der Waals surface area (Å²) in [5, 5.41) is 10.7. The monoisotopic (exact) mass is 344 g/mol. The number of aryl methyl sites for hydroxylation is 2. The number of hydrogen-bond donors (Lipinski definition) is 1. The fourth-order valence-corrected chi connectivity index (χ4v) is 2.86. The maximum atomic E-state index is 10.1. The Hall–Kier alpha value is -2.04. The molecule has 0 aliphatic heterocycles. The maximum absolute atomic E-state index is 10.1. The molecule has 0 amide bonds. The molecule has 1 heterocycles. The molecule has 0 spiro atoms. The van der Waals surface area contributed by atoms with Gasteiger partial charge in [-0.2, -0.15) is 0 Å². The van der Waals surface area contributed by atoms with Crippen molar-refractivity contribution in [2.45, 2.75) is 33.4 Å². The molecule has 126 valence electrons.